The SMILES string of the molecule is C[C@@H]1CC[C@@]2(OC1)O[C@H]1CC3[C@@H]4CC[C@H]5C[C@@H](O)CC[C@]5(C)C4=CC[C@]3(C)C1[C@@H]2C. The first-order valence-electron chi connectivity index (χ1n) is 13.0. The van der Waals surface area contributed by atoms with Crippen molar-refractivity contribution in [2.24, 2.45) is 46.3 Å². The molecule has 0 amide bonds. The van der Waals surface area contributed by atoms with Gasteiger partial charge in [-0.1, -0.05) is 39.3 Å². The van der Waals surface area contributed by atoms with Gasteiger partial charge in [0.2, 0.25) is 0 Å². The van der Waals surface area contributed by atoms with Crippen molar-refractivity contribution in [3.8, 4) is 0 Å². The lowest BCUT2D eigenvalue weighted by atomic mass is 9.48. The smallest absolute Gasteiger partial charge is 0.171 e. The van der Waals surface area contributed by atoms with Crippen molar-refractivity contribution >= 4 is 0 Å². The van der Waals surface area contributed by atoms with Gasteiger partial charge in [-0.25, -0.2) is 0 Å². The number of hydrogen-bond acceptors (Lipinski definition) is 3. The molecule has 5 fully saturated rings. The molecule has 2 aliphatic heterocycles. The zero-order valence-electron chi connectivity index (χ0n) is 19.5. The third kappa shape index (κ3) is 2.55. The molecule has 30 heavy (non-hydrogen) atoms. The van der Waals surface area contributed by atoms with Crippen molar-refractivity contribution in [2.45, 2.75) is 103 Å². The van der Waals surface area contributed by atoms with Crippen LogP contribution in [0.3, 0.4) is 0 Å². The van der Waals surface area contributed by atoms with Gasteiger partial charge in [-0.3, -0.25) is 0 Å². The van der Waals surface area contributed by atoms with E-state index in [1.165, 1.54) is 38.5 Å². The second-order valence-corrected chi connectivity index (χ2v) is 12.7. The molecule has 1 N–H and O–H groups in total. The predicted molar refractivity (Wildman–Crippen MR) is 118 cm³/mol. The Labute approximate surface area is 183 Å². The zero-order valence-corrected chi connectivity index (χ0v) is 19.5. The van der Waals surface area contributed by atoms with Crippen LogP contribution in [0.1, 0.15) is 85.5 Å². The minimum Gasteiger partial charge on any atom is -0.393 e. The average Bonchev–Trinajstić information content (AvgIpc) is 3.16. The normalized spacial score (nSPS) is 59.8. The first-order chi connectivity index (χ1) is 14.3. The van der Waals surface area contributed by atoms with Gasteiger partial charge in [-0.05, 0) is 91.8 Å². The lowest BCUT2D eigenvalue weighted by Gasteiger charge is -2.57. The number of rotatable bonds is 0. The Morgan fingerprint density at radius 2 is 1.87 bits per heavy atom. The monoisotopic (exact) mass is 414 g/mol. The van der Waals surface area contributed by atoms with Gasteiger partial charge in [0.05, 0.1) is 18.8 Å². The Bertz CT molecular complexity index is 736. The minimum atomic E-state index is -0.303. The Morgan fingerprint density at radius 3 is 2.63 bits per heavy atom. The molecule has 2 saturated heterocycles. The van der Waals surface area contributed by atoms with Gasteiger partial charge in [0.1, 0.15) is 0 Å². The lowest BCUT2D eigenvalue weighted by molar-refractivity contribution is -0.272. The highest BCUT2D eigenvalue weighted by Gasteiger charge is 2.67. The number of fused-ring (bicyclic) bond motifs is 7. The Hall–Kier alpha value is -0.380. The molecule has 1 spiro atoms. The summed E-state index contributed by atoms with van der Waals surface area (Å²) >= 11 is 0. The first-order valence-corrected chi connectivity index (χ1v) is 13.0. The summed E-state index contributed by atoms with van der Waals surface area (Å²) in [4.78, 5) is 0. The summed E-state index contributed by atoms with van der Waals surface area (Å²) in [6, 6.07) is 0. The third-order valence-corrected chi connectivity index (χ3v) is 11.3. The van der Waals surface area contributed by atoms with Crippen molar-refractivity contribution in [1.29, 1.82) is 0 Å². The molecule has 0 bridgehead atoms. The molecule has 0 aromatic rings. The molecule has 168 valence electrons. The van der Waals surface area contributed by atoms with Crippen LogP contribution in [0.2, 0.25) is 0 Å². The number of aliphatic hydroxyl groups excluding tert-OH is 1. The Kier molecular flexibility index (Phi) is 4.44. The van der Waals surface area contributed by atoms with E-state index in [9.17, 15) is 5.11 Å². The van der Waals surface area contributed by atoms with Crippen LogP contribution in [-0.2, 0) is 9.47 Å². The fourth-order valence-electron chi connectivity index (χ4n) is 9.52. The zero-order chi connectivity index (χ0) is 20.9. The standard InChI is InChI=1S/C27H42O3/c1-16-7-12-27(29-15-16)17(2)24-23(30-27)14-22-20-6-5-18-13-19(28)8-10-25(18,3)21(20)9-11-26(22,24)4/h9,16-20,22-24,28H,5-8,10-15H2,1-4H3/t16-,17+,18+,19+,20-,22?,23+,24?,25+,26+,27-/m1/s1. The Morgan fingerprint density at radius 1 is 1.03 bits per heavy atom. The predicted octanol–water partition coefficient (Wildman–Crippen LogP) is 5.71. The highest BCUT2D eigenvalue weighted by molar-refractivity contribution is 5.30. The molecule has 3 nitrogen and oxygen atoms in total. The summed E-state index contributed by atoms with van der Waals surface area (Å²) in [6.45, 7) is 10.7. The van der Waals surface area contributed by atoms with Crippen molar-refractivity contribution in [3.05, 3.63) is 11.6 Å². The fourth-order valence-corrected chi connectivity index (χ4v) is 9.52. The molecule has 4 aliphatic carbocycles. The van der Waals surface area contributed by atoms with E-state index in [0.29, 0.717) is 40.6 Å². The molecule has 2 unspecified atom stereocenters. The van der Waals surface area contributed by atoms with E-state index in [1.54, 1.807) is 5.57 Å². The van der Waals surface area contributed by atoms with Gasteiger partial charge in [-0.2, -0.15) is 0 Å². The van der Waals surface area contributed by atoms with E-state index in [2.05, 4.69) is 33.8 Å². The maximum absolute atomic E-state index is 10.3. The average molecular weight is 415 g/mol. The molecule has 6 rings (SSSR count). The van der Waals surface area contributed by atoms with E-state index < -0.39 is 0 Å². The van der Waals surface area contributed by atoms with Crippen LogP contribution in [0.4, 0.5) is 0 Å². The van der Waals surface area contributed by atoms with Crippen molar-refractivity contribution in [3.63, 3.8) is 0 Å². The van der Waals surface area contributed by atoms with Crippen LogP contribution in [0.25, 0.3) is 0 Å². The molecule has 0 aromatic carbocycles. The van der Waals surface area contributed by atoms with Crippen LogP contribution in [0.5, 0.6) is 0 Å². The van der Waals surface area contributed by atoms with Gasteiger partial charge in [-0.15, -0.1) is 0 Å². The summed E-state index contributed by atoms with van der Waals surface area (Å²) in [5.74, 6) is 3.68. The van der Waals surface area contributed by atoms with Crippen LogP contribution < -0.4 is 0 Å². The summed E-state index contributed by atoms with van der Waals surface area (Å²) < 4.78 is 13.3. The topological polar surface area (TPSA) is 38.7 Å². The summed E-state index contributed by atoms with van der Waals surface area (Å²) in [5, 5.41) is 10.3. The number of ether oxygens (including phenoxy) is 2. The van der Waals surface area contributed by atoms with Gasteiger partial charge < -0.3 is 14.6 Å². The summed E-state index contributed by atoms with van der Waals surface area (Å²) in [5.41, 5.74) is 2.46. The van der Waals surface area contributed by atoms with E-state index in [0.717, 1.165) is 37.7 Å². The Balaban J connectivity index is 1.30. The number of allylic oxidation sites excluding steroid dienone is 2. The minimum absolute atomic E-state index is 0.0661. The summed E-state index contributed by atoms with van der Waals surface area (Å²) in [7, 11) is 0. The molecule has 3 saturated carbocycles. The molecular weight excluding hydrogens is 372 g/mol. The fraction of sp³-hybridized carbons (Fsp3) is 0.926. The van der Waals surface area contributed by atoms with Crippen LogP contribution in [-0.4, -0.2) is 29.7 Å². The second-order valence-electron chi connectivity index (χ2n) is 12.7. The van der Waals surface area contributed by atoms with Crippen molar-refractivity contribution in [1.82, 2.24) is 0 Å². The van der Waals surface area contributed by atoms with E-state index in [-0.39, 0.29) is 11.9 Å². The maximum Gasteiger partial charge on any atom is 0.171 e. The third-order valence-electron chi connectivity index (χ3n) is 11.3. The molecule has 0 radical (unpaired) electrons. The second kappa shape index (κ2) is 6.58. The van der Waals surface area contributed by atoms with Crippen LogP contribution in [0.15, 0.2) is 11.6 Å². The first kappa shape index (κ1) is 20.2. The van der Waals surface area contributed by atoms with Gasteiger partial charge >= 0.3 is 0 Å². The van der Waals surface area contributed by atoms with Crippen LogP contribution >= 0.6 is 0 Å². The lowest BCUT2D eigenvalue weighted by Crippen LogP contribution is -2.50. The van der Waals surface area contributed by atoms with Gasteiger partial charge in [0, 0.05) is 12.3 Å². The van der Waals surface area contributed by atoms with Crippen LogP contribution in [0, 0.1) is 46.3 Å². The van der Waals surface area contributed by atoms with E-state index >= 15 is 0 Å². The number of aliphatic hydroxyl groups is 1. The molecule has 2 heterocycles. The molecule has 0 aromatic heterocycles. The maximum atomic E-state index is 10.3. The van der Waals surface area contributed by atoms with Crippen molar-refractivity contribution in [2.75, 3.05) is 6.61 Å². The number of hydrogen-bond donors (Lipinski definition) is 1. The molecule has 3 heteroatoms. The quantitative estimate of drug-likeness (QED) is 0.516. The van der Waals surface area contributed by atoms with Gasteiger partial charge in [0.15, 0.2) is 5.79 Å². The van der Waals surface area contributed by atoms with Crippen molar-refractivity contribution < 1.29 is 14.6 Å². The molecule has 6 aliphatic rings. The molecular formula is C27H42O3. The molecule has 11 atom stereocenters. The highest BCUT2D eigenvalue weighted by Crippen LogP contribution is 2.69. The van der Waals surface area contributed by atoms with E-state index in [4.69, 9.17) is 9.47 Å². The van der Waals surface area contributed by atoms with E-state index in [1.807, 2.05) is 0 Å². The summed E-state index contributed by atoms with van der Waals surface area (Å²) in [6.07, 6.45) is 13.6. The highest BCUT2D eigenvalue weighted by atomic mass is 16.7. The largest absolute Gasteiger partial charge is 0.393 e. The van der Waals surface area contributed by atoms with Gasteiger partial charge in [0.25, 0.3) is 0 Å².